The van der Waals surface area contributed by atoms with Crippen LogP contribution in [0.4, 0.5) is 4.39 Å². The number of carbonyl (C=O) groups is 1. The first-order chi connectivity index (χ1) is 8.49. The lowest BCUT2D eigenvalue weighted by molar-refractivity contribution is -0.118. The van der Waals surface area contributed by atoms with Crippen LogP contribution in [0.5, 0.6) is 0 Å². The molecule has 0 aliphatic heterocycles. The number of ketones is 1. The fraction of sp³-hybridized carbons (Fsp3) is 0.500. The van der Waals surface area contributed by atoms with Gasteiger partial charge in [-0.2, -0.15) is 0 Å². The standard InChI is InChI=1S/C14H19ClFNO/c1-10(2)17-7-3-4-13(18)8-11-5-6-12(15)9-14(11)16/h5-6,9-10,17H,3-4,7-8H2,1-2H3. The summed E-state index contributed by atoms with van der Waals surface area (Å²) in [7, 11) is 0. The first-order valence-electron chi connectivity index (χ1n) is 6.18. The van der Waals surface area contributed by atoms with E-state index in [4.69, 9.17) is 11.6 Å². The van der Waals surface area contributed by atoms with Crippen LogP contribution >= 0.6 is 11.6 Å². The van der Waals surface area contributed by atoms with E-state index in [0.29, 0.717) is 23.0 Å². The highest BCUT2D eigenvalue weighted by Gasteiger charge is 2.08. The molecule has 0 saturated carbocycles. The molecule has 2 nitrogen and oxygen atoms in total. The topological polar surface area (TPSA) is 29.1 Å². The van der Waals surface area contributed by atoms with E-state index in [1.54, 1.807) is 12.1 Å². The summed E-state index contributed by atoms with van der Waals surface area (Å²) in [6, 6.07) is 4.84. The Bertz CT molecular complexity index is 407. The second-order valence-corrected chi connectivity index (χ2v) is 5.10. The second-order valence-electron chi connectivity index (χ2n) is 4.66. The molecule has 0 amide bonds. The summed E-state index contributed by atoms with van der Waals surface area (Å²) in [6.45, 7) is 4.93. The Labute approximate surface area is 113 Å². The van der Waals surface area contributed by atoms with Gasteiger partial charge in [0.1, 0.15) is 11.6 Å². The van der Waals surface area contributed by atoms with Crippen LogP contribution in [0.15, 0.2) is 18.2 Å². The summed E-state index contributed by atoms with van der Waals surface area (Å²) in [5, 5.41) is 3.59. The first-order valence-corrected chi connectivity index (χ1v) is 6.56. The van der Waals surface area contributed by atoms with Gasteiger partial charge in [0.15, 0.2) is 0 Å². The molecule has 0 aromatic heterocycles. The Kier molecular flexibility index (Phi) is 6.30. The minimum atomic E-state index is -0.406. The number of carbonyl (C=O) groups excluding carboxylic acids is 1. The third-order valence-corrected chi connectivity index (χ3v) is 2.82. The predicted molar refractivity (Wildman–Crippen MR) is 72.5 cm³/mol. The SMILES string of the molecule is CC(C)NCCCC(=O)Cc1ccc(Cl)cc1F. The van der Waals surface area contributed by atoms with Gasteiger partial charge in [-0.3, -0.25) is 4.79 Å². The molecule has 0 aliphatic carbocycles. The molecular weight excluding hydrogens is 253 g/mol. The number of benzene rings is 1. The zero-order chi connectivity index (χ0) is 13.5. The molecule has 100 valence electrons. The minimum Gasteiger partial charge on any atom is -0.315 e. The van der Waals surface area contributed by atoms with Crippen LogP contribution in [0.3, 0.4) is 0 Å². The van der Waals surface area contributed by atoms with Crippen molar-refractivity contribution in [1.82, 2.24) is 5.32 Å². The van der Waals surface area contributed by atoms with Crippen molar-refractivity contribution in [3.8, 4) is 0 Å². The number of hydrogen-bond acceptors (Lipinski definition) is 2. The molecule has 0 unspecified atom stereocenters. The van der Waals surface area contributed by atoms with Gasteiger partial charge in [-0.15, -0.1) is 0 Å². The second kappa shape index (κ2) is 7.49. The van der Waals surface area contributed by atoms with E-state index in [9.17, 15) is 9.18 Å². The fourth-order valence-corrected chi connectivity index (χ4v) is 1.80. The van der Waals surface area contributed by atoms with Crippen molar-refractivity contribution < 1.29 is 9.18 Å². The zero-order valence-electron chi connectivity index (χ0n) is 10.8. The van der Waals surface area contributed by atoms with E-state index in [2.05, 4.69) is 19.2 Å². The van der Waals surface area contributed by atoms with E-state index in [-0.39, 0.29) is 12.2 Å². The van der Waals surface area contributed by atoms with Crippen molar-refractivity contribution in [2.75, 3.05) is 6.54 Å². The largest absolute Gasteiger partial charge is 0.315 e. The highest BCUT2D eigenvalue weighted by Crippen LogP contribution is 2.15. The number of hydrogen-bond donors (Lipinski definition) is 1. The summed E-state index contributed by atoms with van der Waals surface area (Å²) in [4.78, 5) is 11.7. The molecule has 0 bridgehead atoms. The average Bonchev–Trinajstić information content (AvgIpc) is 2.28. The van der Waals surface area contributed by atoms with Gasteiger partial charge in [-0.25, -0.2) is 4.39 Å². The van der Waals surface area contributed by atoms with Gasteiger partial charge in [-0.1, -0.05) is 31.5 Å². The van der Waals surface area contributed by atoms with Crippen LogP contribution in [-0.4, -0.2) is 18.4 Å². The molecule has 4 heteroatoms. The van der Waals surface area contributed by atoms with Gasteiger partial charge in [0.2, 0.25) is 0 Å². The average molecular weight is 272 g/mol. The number of nitrogens with one attached hydrogen (secondary N) is 1. The van der Waals surface area contributed by atoms with Gasteiger partial charge < -0.3 is 5.32 Å². The monoisotopic (exact) mass is 271 g/mol. The zero-order valence-corrected chi connectivity index (χ0v) is 11.6. The van der Waals surface area contributed by atoms with E-state index < -0.39 is 5.82 Å². The third-order valence-electron chi connectivity index (χ3n) is 2.59. The van der Waals surface area contributed by atoms with Gasteiger partial charge in [0.05, 0.1) is 0 Å². The maximum Gasteiger partial charge on any atom is 0.137 e. The first kappa shape index (κ1) is 15.1. The molecule has 1 aromatic rings. The van der Waals surface area contributed by atoms with Crippen molar-refractivity contribution in [2.24, 2.45) is 0 Å². The highest BCUT2D eigenvalue weighted by atomic mass is 35.5. The molecule has 1 aromatic carbocycles. The maximum atomic E-state index is 13.5. The van der Waals surface area contributed by atoms with E-state index in [1.807, 2.05) is 0 Å². The van der Waals surface area contributed by atoms with E-state index in [1.165, 1.54) is 6.07 Å². The molecule has 0 radical (unpaired) electrons. The number of Topliss-reactive ketones (excluding diaryl/α,β-unsaturated/α-hetero) is 1. The van der Waals surface area contributed by atoms with Crippen LogP contribution in [0, 0.1) is 5.82 Å². The lowest BCUT2D eigenvalue weighted by Gasteiger charge is -2.07. The predicted octanol–water partition coefficient (Wildman–Crippen LogP) is 3.37. The minimum absolute atomic E-state index is 0.0572. The third kappa shape index (κ3) is 5.61. The summed E-state index contributed by atoms with van der Waals surface area (Å²) >= 11 is 5.65. The van der Waals surface area contributed by atoms with E-state index in [0.717, 1.165) is 13.0 Å². The Balaban J connectivity index is 2.35. The molecule has 1 rings (SSSR count). The molecule has 0 spiro atoms. The number of rotatable bonds is 7. The summed E-state index contributed by atoms with van der Waals surface area (Å²) in [5.74, 6) is -0.349. The quantitative estimate of drug-likeness (QED) is 0.771. The van der Waals surface area contributed by atoms with Crippen molar-refractivity contribution in [1.29, 1.82) is 0 Å². The van der Waals surface area contributed by atoms with Crippen molar-refractivity contribution in [3.05, 3.63) is 34.6 Å². The normalized spacial score (nSPS) is 10.9. The molecular formula is C14H19ClFNO. The summed E-state index contributed by atoms with van der Waals surface area (Å²) in [5.41, 5.74) is 0.418. The van der Waals surface area contributed by atoms with Crippen LogP contribution in [0.25, 0.3) is 0 Å². The number of halogens is 2. The van der Waals surface area contributed by atoms with E-state index >= 15 is 0 Å². The Morgan fingerprint density at radius 3 is 2.78 bits per heavy atom. The fourth-order valence-electron chi connectivity index (χ4n) is 1.64. The molecule has 0 atom stereocenters. The summed E-state index contributed by atoms with van der Waals surface area (Å²) in [6.07, 6.45) is 1.40. The summed E-state index contributed by atoms with van der Waals surface area (Å²) < 4.78 is 13.5. The lowest BCUT2D eigenvalue weighted by atomic mass is 10.1. The maximum absolute atomic E-state index is 13.5. The molecule has 0 saturated heterocycles. The molecule has 0 aliphatic rings. The lowest BCUT2D eigenvalue weighted by Crippen LogP contribution is -2.24. The van der Waals surface area contributed by atoms with Gasteiger partial charge >= 0.3 is 0 Å². The Morgan fingerprint density at radius 1 is 1.44 bits per heavy atom. The van der Waals surface area contributed by atoms with Crippen molar-refractivity contribution in [3.63, 3.8) is 0 Å². The molecule has 0 fully saturated rings. The Hall–Kier alpha value is -0.930. The van der Waals surface area contributed by atoms with Crippen LogP contribution in [0.1, 0.15) is 32.3 Å². The molecule has 1 N–H and O–H groups in total. The Morgan fingerprint density at radius 2 is 2.17 bits per heavy atom. The van der Waals surface area contributed by atoms with Crippen LogP contribution < -0.4 is 5.32 Å². The highest BCUT2D eigenvalue weighted by molar-refractivity contribution is 6.30. The van der Waals surface area contributed by atoms with Gasteiger partial charge in [-0.05, 0) is 30.7 Å². The van der Waals surface area contributed by atoms with Crippen LogP contribution in [-0.2, 0) is 11.2 Å². The smallest absolute Gasteiger partial charge is 0.137 e. The molecule has 0 heterocycles. The van der Waals surface area contributed by atoms with Crippen LogP contribution in [0.2, 0.25) is 5.02 Å². The van der Waals surface area contributed by atoms with Gasteiger partial charge in [0, 0.05) is 23.9 Å². The van der Waals surface area contributed by atoms with Crippen molar-refractivity contribution in [2.45, 2.75) is 39.2 Å². The van der Waals surface area contributed by atoms with Crippen molar-refractivity contribution >= 4 is 17.4 Å². The molecule has 18 heavy (non-hydrogen) atoms. The van der Waals surface area contributed by atoms with Gasteiger partial charge in [0.25, 0.3) is 0 Å².